The minimum Gasteiger partial charge on any atom is -0.353 e. The molecule has 3 N–H and O–H groups in total. The first-order chi connectivity index (χ1) is 8.70. The molecule has 1 heterocycles. The smallest absolute Gasteiger partial charge is 0.223 e. The van der Waals surface area contributed by atoms with Crippen molar-refractivity contribution in [3.8, 4) is 11.3 Å². The maximum atomic E-state index is 13.7. The van der Waals surface area contributed by atoms with E-state index < -0.39 is 0 Å². The van der Waals surface area contributed by atoms with Gasteiger partial charge in [0.25, 0.3) is 0 Å². The van der Waals surface area contributed by atoms with Crippen LogP contribution >= 0.6 is 15.9 Å². The fourth-order valence-corrected chi connectivity index (χ4v) is 1.83. The van der Waals surface area contributed by atoms with Gasteiger partial charge in [0.15, 0.2) is 0 Å². The van der Waals surface area contributed by atoms with Gasteiger partial charge in [-0.2, -0.15) is 0 Å². The summed E-state index contributed by atoms with van der Waals surface area (Å²) in [6.07, 6.45) is 1.58. The Kier molecular flexibility index (Phi) is 4.22. The lowest BCUT2D eigenvalue weighted by Gasteiger charge is -2.06. The van der Waals surface area contributed by atoms with Gasteiger partial charge in [-0.15, -0.1) is 0 Å². The summed E-state index contributed by atoms with van der Waals surface area (Å²) < 4.78 is 14.5. The average molecular weight is 311 g/mol. The number of nitrogens with one attached hydrogen (secondary N) is 1. The van der Waals surface area contributed by atoms with Crippen molar-refractivity contribution in [1.82, 2.24) is 9.97 Å². The van der Waals surface area contributed by atoms with Crippen molar-refractivity contribution >= 4 is 21.9 Å². The number of hydrogen-bond donors (Lipinski definition) is 2. The summed E-state index contributed by atoms with van der Waals surface area (Å²) in [5.41, 5.74) is 6.35. The van der Waals surface area contributed by atoms with E-state index in [2.05, 4.69) is 31.2 Å². The molecule has 0 aliphatic heterocycles. The summed E-state index contributed by atoms with van der Waals surface area (Å²) in [5.74, 6) is 0.124. The lowest BCUT2D eigenvalue weighted by molar-refractivity contribution is 0.630. The number of hydrogen-bond acceptors (Lipinski definition) is 4. The topological polar surface area (TPSA) is 63.8 Å². The molecule has 4 nitrogen and oxygen atoms in total. The van der Waals surface area contributed by atoms with Gasteiger partial charge in [-0.05, 0) is 24.3 Å². The van der Waals surface area contributed by atoms with E-state index >= 15 is 0 Å². The monoisotopic (exact) mass is 310 g/mol. The third kappa shape index (κ3) is 3.02. The Balaban J connectivity index is 2.35. The van der Waals surface area contributed by atoms with Crippen LogP contribution in [-0.4, -0.2) is 23.1 Å². The molecule has 0 spiro atoms. The Morgan fingerprint density at radius 3 is 2.94 bits per heavy atom. The number of anilines is 1. The highest BCUT2D eigenvalue weighted by Gasteiger charge is 2.08. The molecule has 0 radical (unpaired) electrons. The maximum absolute atomic E-state index is 13.7. The van der Waals surface area contributed by atoms with Crippen LogP contribution in [0.2, 0.25) is 0 Å². The van der Waals surface area contributed by atoms with Crippen LogP contribution in [-0.2, 0) is 0 Å². The maximum Gasteiger partial charge on any atom is 0.223 e. The predicted molar refractivity (Wildman–Crippen MR) is 72.7 cm³/mol. The van der Waals surface area contributed by atoms with Crippen molar-refractivity contribution in [2.24, 2.45) is 5.73 Å². The van der Waals surface area contributed by atoms with E-state index in [0.717, 1.165) is 4.47 Å². The van der Waals surface area contributed by atoms with Crippen LogP contribution in [0.1, 0.15) is 0 Å². The second-order valence-electron chi connectivity index (χ2n) is 3.61. The highest BCUT2D eigenvalue weighted by Crippen LogP contribution is 2.24. The van der Waals surface area contributed by atoms with Gasteiger partial charge in [0.2, 0.25) is 5.95 Å². The number of benzene rings is 1. The molecular weight excluding hydrogens is 299 g/mol. The average Bonchev–Trinajstić information content (AvgIpc) is 2.39. The number of rotatable bonds is 4. The van der Waals surface area contributed by atoms with Crippen molar-refractivity contribution in [3.63, 3.8) is 0 Å². The molecule has 94 valence electrons. The Morgan fingerprint density at radius 1 is 1.33 bits per heavy atom. The Hall–Kier alpha value is -1.53. The zero-order chi connectivity index (χ0) is 13.0. The molecule has 2 aromatic rings. The number of nitrogens with two attached hydrogens (primary N) is 1. The van der Waals surface area contributed by atoms with Crippen molar-refractivity contribution < 1.29 is 4.39 Å². The SMILES string of the molecule is NCCNc1nccc(-c2cc(Br)ccc2F)n1. The first kappa shape index (κ1) is 12.9. The molecule has 0 atom stereocenters. The van der Waals surface area contributed by atoms with Gasteiger partial charge in [0, 0.05) is 29.3 Å². The standard InChI is InChI=1S/C12H12BrFN4/c13-8-1-2-10(14)9(7-8)11-3-5-16-12(18-11)17-6-4-15/h1-3,5,7H,4,6,15H2,(H,16,17,18). The lowest BCUT2D eigenvalue weighted by atomic mass is 10.1. The Labute approximate surface area is 113 Å². The highest BCUT2D eigenvalue weighted by atomic mass is 79.9. The molecule has 0 unspecified atom stereocenters. The van der Waals surface area contributed by atoms with Crippen LogP contribution in [0.3, 0.4) is 0 Å². The van der Waals surface area contributed by atoms with Crippen molar-refractivity contribution in [2.45, 2.75) is 0 Å². The zero-order valence-corrected chi connectivity index (χ0v) is 11.1. The summed E-state index contributed by atoms with van der Waals surface area (Å²) in [5, 5.41) is 2.96. The molecule has 1 aromatic heterocycles. The third-order valence-electron chi connectivity index (χ3n) is 2.29. The lowest BCUT2D eigenvalue weighted by Crippen LogP contribution is -2.14. The third-order valence-corrected chi connectivity index (χ3v) is 2.78. The van der Waals surface area contributed by atoms with E-state index in [-0.39, 0.29) is 5.82 Å². The second-order valence-corrected chi connectivity index (χ2v) is 4.52. The molecule has 18 heavy (non-hydrogen) atoms. The fraction of sp³-hybridized carbons (Fsp3) is 0.167. The summed E-state index contributed by atoms with van der Waals surface area (Å²) in [7, 11) is 0. The highest BCUT2D eigenvalue weighted by molar-refractivity contribution is 9.10. The first-order valence-electron chi connectivity index (χ1n) is 5.43. The molecule has 0 saturated carbocycles. The van der Waals surface area contributed by atoms with Gasteiger partial charge in [-0.25, -0.2) is 14.4 Å². The molecule has 0 fully saturated rings. The van der Waals surface area contributed by atoms with E-state index in [1.807, 2.05) is 0 Å². The molecule has 0 amide bonds. The summed E-state index contributed by atoms with van der Waals surface area (Å²) in [4.78, 5) is 8.29. The molecular formula is C12H12BrFN4. The van der Waals surface area contributed by atoms with Gasteiger partial charge < -0.3 is 11.1 Å². The Bertz CT molecular complexity index is 547. The quantitative estimate of drug-likeness (QED) is 0.910. The van der Waals surface area contributed by atoms with E-state index in [4.69, 9.17) is 5.73 Å². The van der Waals surface area contributed by atoms with Gasteiger partial charge in [-0.1, -0.05) is 15.9 Å². The molecule has 6 heteroatoms. The summed E-state index contributed by atoms with van der Waals surface area (Å²) >= 11 is 3.31. The van der Waals surface area contributed by atoms with E-state index in [9.17, 15) is 4.39 Å². The van der Waals surface area contributed by atoms with Gasteiger partial charge in [0.1, 0.15) is 5.82 Å². The van der Waals surface area contributed by atoms with Crippen molar-refractivity contribution in [2.75, 3.05) is 18.4 Å². The first-order valence-corrected chi connectivity index (χ1v) is 6.22. The minimum absolute atomic E-state index is 0.318. The van der Waals surface area contributed by atoms with Crippen molar-refractivity contribution in [3.05, 3.63) is 40.8 Å². The van der Waals surface area contributed by atoms with E-state index in [0.29, 0.717) is 30.3 Å². The van der Waals surface area contributed by atoms with Crippen LogP contribution in [0.4, 0.5) is 10.3 Å². The molecule has 0 aliphatic rings. The summed E-state index contributed by atoms with van der Waals surface area (Å²) in [6, 6.07) is 6.39. The van der Waals surface area contributed by atoms with Crippen LogP contribution in [0, 0.1) is 5.82 Å². The number of halogens is 2. The van der Waals surface area contributed by atoms with Gasteiger partial charge >= 0.3 is 0 Å². The van der Waals surface area contributed by atoms with Crippen LogP contribution < -0.4 is 11.1 Å². The van der Waals surface area contributed by atoms with Crippen LogP contribution in [0.25, 0.3) is 11.3 Å². The normalized spacial score (nSPS) is 10.4. The molecule has 0 saturated heterocycles. The second kappa shape index (κ2) is 5.88. The summed E-state index contributed by atoms with van der Waals surface area (Å²) in [6.45, 7) is 1.06. The van der Waals surface area contributed by atoms with E-state index in [1.165, 1.54) is 6.07 Å². The van der Waals surface area contributed by atoms with Crippen molar-refractivity contribution in [1.29, 1.82) is 0 Å². The molecule has 2 rings (SSSR count). The zero-order valence-electron chi connectivity index (χ0n) is 9.53. The minimum atomic E-state index is -0.318. The van der Waals surface area contributed by atoms with Gasteiger partial charge in [0.05, 0.1) is 5.69 Å². The number of aromatic nitrogens is 2. The molecule has 0 aliphatic carbocycles. The van der Waals surface area contributed by atoms with Crippen LogP contribution in [0.15, 0.2) is 34.9 Å². The Morgan fingerprint density at radius 2 is 2.17 bits per heavy atom. The van der Waals surface area contributed by atoms with E-state index in [1.54, 1.807) is 24.4 Å². The largest absolute Gasteiger partial charge is 0.353 e. The van der Waals surface area contributed by atoms with Gasteiger partial charge in [-0.3, -0.25) is 0 Å². The molecule has 0 bridgehead atoms. The number of nitrogens with zero attached hydrogens (tertiary/aromatic N) is 2. The fourth-order valence-electron chi connectivity index (χ4n) is 1.47. The van der Waals surface area contributed by atoms with Crippen LogP contribution in [0.5, 0.6) is 0 Å². The predicted octanol–water partition coefficient (Wildman–Crippen LogP) is 2.42. The molecule has 1 aromatic carbocycles.